The van der Waals surface area contributed by atoms with Crippen LogP contribution in [0.1, 0.15) is 20.9 Å². The molecule has 3 aromatic rings. The van der Waals surface area contributed by atoms with Crippen LogP contribution in [0.4, 0.5) is 5.00 Å². The molecule has 160 valence electrons. The van der Waals surface area contributed by atoms with E-state index in [9.17, 15) is 14.4 Å². The molecule has 0 aliphatic carbocycles. The predicted octanol–water partition coefficient (Wildman–Crippen LogP) is 2.50. The lowest BCUT2D eigenvalue weighted by Crippen LogP contribution is -2.50. The Morgan fingerprint density at radius 2 is 1.77 bits per heavy atom. The van der Waals surface area contributed by atoms with Gasteiger partial charge in [0.1, 0.15) is 5.00 Å². The number of piperazine rings is 1. The molecule has 1 aliphatic heterocycles. The summed E-state index contributed by atoms with van der Waals surface area (Å²) < 4.78 is 5.17. The largest absolute Gasteiger partial charge is 0.459 e. The minimum atomic E-state index is -0.584. The molecular weight excluding hydrogens is 416 g/mol. The van der Waals surface area contributed by atoms with E-state index in [1.165, 1.54) is 17.6 Å². The molecule has 3 amide bonds. The lowest BCUT2D eigenvalue weighted by atomic mass is 10.1. The SMILES string of the molecule is NC(=O)c1cc(-c2ccccc2)sc1NC(=O)CN1CCN(C(=O)c2ccco2)CC1. The number of rotatable bonds is 6. The third-order valence-corrected chi connectivity index (χ3v) is 6.17. The van der Waals surface area contributed by atoms with Crippen LogP contribution in [-0.2, 0) is 4.79 Å². The van der Waals surface area contributed by atoms with Gasteiger partial charge in [-0.25, -0.2) is 0 Å². The number of carbonyl (C=O) groups excluding carboxylic acids is 3. The second kappa shape index (κ2) is 9.15. The van der Waals surface area contributed by atoms with E-state index in [4.69, 9.17) is 10.2 Å². The summed E-state index contributed by atoms with van der Waals surface area (Å²) in [5.41, 5.74) is 6.76. The van der Waals surface area contributed by atoms with E-state index in [0.29, 0.717) is 42.5 Å². The Morgan fingerprint density at radius 1 is 1.03 bits per heavy atom. The number of benzene rings is 1. The zero-order valence-corrected chi connectivity index (χ0v) is 17.6. The molecule has 1 aliphatic rings. The number of carbonyl (C=O) groups is 3. The highest BCUT2D eigenvalue weighted by atomic mass is 32.1. The average molecular weight is 439 g/mol. The average Bonchev–Trinajstić information content (AvgIpc) is 3.45. The Morgan fingerprint density at radius 3 is 2.42 bits per heavy atom. The van der Waals surface area contributed by atoms with E-state index in [-0.39, 0.29) is 18.4 Å². The molecule has 4 rings (SSSR count). The van der Waals surface area contributed by atoms with E-state index in [1.807, 2.05) is 35.2 Å². The molecule has 1 fully saturated rings. The Balaban J connectivity index is 1.35. The first-order chi connectivity index (χ1) is 15.0. The summed E-state index contributed by atoms with van der Waals surface area (Å²) in [5.74, 6) is -0.641. The first-order valence-electron chi connectivity index (χ1n) is 9.85. The van der Waals surface area contributed by atoms with Crippen molar-refractivity contribution in [3.05, 3.63) is 66.1 Å². The molecule has 31 heavy (non-hydrogen) atoms. The van der Waals surface area contributed by atoms with Crippen molar-refractivity contribution in [2.24, 2.45) is 5.73 Å². The predicted molar refractivity (Wildman–Crippen MR) is 118 cm³/mol. The second-order valence-corrected chi connectivity index (χ2v) is 8.23. The lowest BCUT2D eigenvalue weighted by Gasteiger charge is -2.33. The summed E-state index contributed by atoms with van der Waals surface area (Å²) in [7, 11) is 0. The molecule has 0 unspecified atom stereocenters. The molecule has 0 bridgehead atoms. The molecular formula is C22H22N4O4S. The number of thiophene rings is 1. The molecule has 8 nitrogen and oxygen atoms in total. The summed E-state index contributed by atoms with van der Waals surface area (Å²) in [6.45, 7) is 2.33. The molecule has 1 saturated heterocycles. The van der Waals surface area contributed by atoms with Crippen molar-refractivity contribution >= 4 is 34.1 Å². The first kappa shape index (κ1) is 20.8. The monoisotopic (exact) mass is 438 g/mol. The highest BCUT2D eigenvalue weighted by Gasteiger charge is 2.25. The third-order valence-electron chi connectivity index (χ3n) is 5.07. The van der Waals surface area contributed by atoms with Crippen LogP contribution in [0.25, 0.3) is 10.4 Å². The van der Waals surface area contributed by atoms with E-state index in [1.54, 1.807) is 23.1 Å². The minimum absolute atomic E-state index is 0.146. The zero-order chi connectivity index (χ0) is 21.8. The number of primary amides is 1. The molecule has 0 spiro atoms. The smallest absolute Gasteiger partial charge is 0.289 e. The highest BCUT2D eigenvalue weighted by Crippen LogP contribution is 2.35. The van der Waals surface area contributed by atoms with Gasteiger partial charge < -0.3 is 20.4 Å². The van der Waals surface area contributed by atoms with Gasteiger partial charge in [-0.2, -0.15) is 0 Å². The van der Waals surface area contributed by atoms with Crippen LogP contribution in [0.5, 0.6) is 0 Å². The van der Waals surface area contributed by atoms with Gasteiger partial charge in [-0.1, -0.05) is 30.3 Å². The standard InChI is InChI=1S/C22H22N4O4S/c23-20(28)16-13-18(15-5-2-1-3-6-15)31-21(16)24-19(27)14-25-8-10-26(11-9-25)22(29)17-7-4-12-30-17/h1-7,12-13H,8-11,14H2,(H2,23,28)(H,24,27). The number of amides is 3. The normalized spacial score (nSPS) is 14.4. The van der Waals surface area contributed by atoms with Crippen molar-refractivity contribution < 1.29 is 18.8 Å². The maximum absolute atomic E-state index is 12.6. The van der Waals surface area contributed by atoms with Gasteiger partial charge in [0, 0.05) is 31.1 Å². The van der Waals surface area contributed by atoms with E-state index in [2.05, 4.69) is 5.32 Å². The molecule has 3 heterocycles. The van der Waals surface area contributed by atoms with Gasteiger partial charge in [0.2, 0.25) is 5.91 Å². The van der Waals surface area contributed by atoms with E-state index < -0.39 is 5.91 Å². The van der Waals surface area contributed by atoms with Gasteiger partial charge in [0.15, 0.2) is 5.76 Å². The van der Waals surface area contributed by atoms with Crippen LogP contribution in [0.15, 0.2) is 59.2 Å². The van der Waals surface area contributed by atoms with Crippen molar-refractivity contribution in [2.75, 3.05) is 38.0 Å². The van der Waals surface area contributed by atoms with Gasteiger partial charge in [-0.15, -0.1) is 11.3 Å². The van der Waals surface area contributed by atoms with Crippen molar-refractivity contribution in [1.29, 1.82) is 0 Å². The maximum Gasteiger partial charge on any atom is 0.289 e. The number of nitrogens with zero attached hydrogens (tertiary/aromatic N) is 2. The number of furan rings is 1. The topological polar surface area (TPSA) is 109 Å². The van der Waals surface area contributed by atoms with Crippen molar-refractivity contribution in [1.82, 2.24) is 9.80 Å². The summed E-state index contributed by atoms with van der Waals surface area (Å²) in [6, 6.07) is 14.6. The van der Waals surface area contributed by atoms with Gasteiger partial charge in [-0.05, 0) is 23.8 Å². The molecule has 0 radical (unpaired) electrons. The number of anilines is 1. The van der Waals surface area contributed by atoms with E-state index in [0.717, 1.165) is 10.4 Å². The van der Waals surface area contributed by atoms with E-state index >= 15 is 0 Å². The highest BCUT2D eigenvalue weighted by molar-refractivity contribution is 7.20. The Bertz CT molecular complexity index is 1070. The van der Waals surface area contributed by atoms with Crippen LogP contribution in [0, 0.1) is 0 Å². The number of hydrogen-bond donors (Lipinski definition) is 2. The molecule has 0 atom stereocenters. The minimum Gasteiger partial charge on any atom is -0.459 e. The Hall–Kier alpha value is -3.43. The van der Waals surface area contributed by atoms with Gasteiger partial charge in [0.05, 0.1) is 18.4 Å². The fraction of sp³-hybridized carbons (Fsp3) is 0.227. The first-order valence-corrected chi connectivity index (χ1v) is 10.7. The quantitative estimate of drug-likeness (QED) is 0.615. The summed E-state index contributed by atoms with van der Waals surface area (Å²) in [4.78, 5) is 41.3. The molecule has 9 heteroatoms. The van der Waals surface area contributed by atoms with Crippen LogP contribution in [0.2, 0.25) is 0 Å². The van der Waals surface area contributed by atoms with Crippen molar-refractivity contribution in [3.8, 4) is 10.4 Å². The molecule has 2 aromatic heterocycles. The Kier molecular flexibility index (Phi) is 6.15. The number of nitrogens with one attached hydrogen (secondary N) is 1. The van der Waals surface area contributed by atoms with Crippen molar-refractivity contribution in [2.45, 2.75) is 0 Å². The Labute approximate surface area is 183 Å². The zero-order valence-electron chi connectivity index (χ0n) is 16.7. The van der Waals surface area contributed by atoms with Crippen LogP contribution in [0.3, 0.4) is 0 Å². The van der Waals surface area contributed by atoms with Gasteiger partial charge in [-0.3, -0.25) is 19.3 Å². The van der Waals surface area contributed by atoms with Gasteiger partial charge >= 0.3 is 0 Å². The molecule has 1 aromatic carbocycles. The van der Waals surface area contributed by atoms with Crippen LogP contribution in [-0.4, -0.2) is 60.2 Å². The van der Waals surface area contributed by atoms with Crippen LogP contribution < -0.4 is 11.1 Å². The second-order valence-electron chi connectivity index (χ2n) is 7.18. The van der Waals surface area contributed by atoms with Crippen LogP contribution >= 0.6 is 11.3 Å². The number of nitrogens with two attached hydrogens (primary N) is 1. The molecule has 3 N–H and O–H groups in total. The lowest BCUT2D eigenvalue weighted by molar-refractivity contribution is -0.117. The fourth-order valence-electron chi connectivity index (χ4n) is 3.45. The van der Waals surface area contributed by atoms with Crippen molar-refractivity contribution in [3.63, 3.8) is 0 Å². The maximum atomic E-state index is 12.6. The summed E-state index contributed by atoms with van der Waals surface area (Å²) >= 11 is 1.32. The summed E-state index contributed by atoms with van der Waals surface area (Å²) in [6.07, 6.45) is 1.47. The fourth-order valence-corrected chi connectivity index (χ4v) is 4.53. The summed E-state index contributed by atoms with van der Waals surface area (Å²) in [5, 5.41) is 3.27. The van der Waals surface area contributed by atoms with Gasteiger partial charge in [0.25, 0.3) is 11.8 Å². The number of hydrogen-bond acceptors (Lipinski definition) is 6. The third kappa shape index (κ3) is 4.84. The molecule has 0 saturated carbocycles.